The maximum Gasteiger partial charge on any atom is 0.261 e. The third kappa shape index (κ3) is 2.13. The highest BCUT2D eigenvalue weighted by Crippen LogP contribution is 2.15. The highest BCUT2D eigenvalue weighted by Gasteiger charge is 2.08. The second-order valence-corrected chi connectivity index (χ2v) is 4.40. The molecule has 7 heteroatoms. The Labute approximate surface area is 114 Å². The summed E-state index contributed by atoms with van der Waals surface area (Å²) in [7, 11) is 1.56. The number of methoxy groups -OCH3 is 1. The van der Waals surface area contributed by atoms with Gasteiger partial charge in [-0.05, 0) is 25.1 Å². The second-order valence-electron chi connectivity index (χ2n) is 4.40. The van der Waals surface area contributed by atoms with E-state index in [0.29, 0.717) is 28.3 Å². The Morgan fingerprint density at radius 1 is 1.40 bits per heavy atom. The molecule has 0 aliphatic carbocycles. The van der Waals surface area contributed by atoms with Crippen LogP contribution in [0.15, 0.2) is 29.3 Å². The first-order valence-corrected chi connectivity index (χ1v) is 6.08. The van der Waals surface area contributed by atoms with Gasteiger partial charge in [0.2, 0.25) is 0 Å². The van der Waals surface area contributed by atoms with Crippen LogP contribution in [-0.4, -0.2) is 31.8 Å². The minimum absolute atomic E-state index is 0.142. The van der Waals surface area contributed by atoms with Crippen LogP contribution in [0.3, 0.4) is 0 Å². The average molecular weight is 271 g/mol. The van der Waals surface area contributed by atoms with E-state index in [-0.39, 0.29) is 12.1 Å². The molecule has 2 heterocycles. The Kier molecular flexibility index (Phi) is 2.94. The molecule has 0 saturated carbocycles. The van der Waals surface area contributed by atoms with Crippen LogP contribution in [-0.2, 0) is 6.54 Å². The number of ether oxygens (including phenoxy) is 1. The van der Waals surface area contributed by atoms with Crippen molar-refractivity contribution in [3.05, 3.63) is 46.5 Å². The number of nitrogens with one attached hydrogen (secondary N) is 1. The molecule has 20 heavy (non-hydrogen) atoms. The first-order valence-electron chi connectivity index (χ1n) is 6.08. The van der Waals surface area contributed by atoms with E-state index < -0.39 is 0 Å². The molecular formula is C13H13N5O2. The van der Waals surface area contributed by atoms with Crippen LogP contribution >= 0.6 is 0 Å². The Hall–Kier alpha value is -2.70. The number of rotatable bonds is 3. The molecule has 0 fully saturated rings. The zero-order chi connectivity index (χ0) is 14.1. The molecule has 0 radical (unpaired) electrons. The molecule has 0 atom stereocenters. The Balaban J connectivity index is 2.08. The van der Waals surface area contributed by atoms with Gasteiger partial charge in [-0.25, -0.2) is 9.97 Å². The first kappa shape index (κ1) is 12.3. The molecule has 0 saturated heterocycles. The Morgan fingerprint density at radius 2 is 2.25 bits per heavy atom. The number of benzene rings is 1. The minimum Gasteiger partial charge on any atom is -0.497 e. The fraction of sp³-hybridized carbons (Fsp3) is 0.231. The lowest BCUT2D eigenvalue weighted by atomic mass is 10.2. The van der Waals surface area contributed by atoms with E-state index in [1.807, 2.05) is 6.92 Å². The quantitative estimate of drug-likeness (QED) is 0.764. The SMILES string of the molecule is COc1ccc2ncn(Cc3n[nH]c(C)n3)c(=O)c2c1. The summed E-state index contributed by atoms with van der Waals surface area (Å²) in [5, 5.41) is 7.28. The highest BCUT2D eigenvalue weighted by atomic mass is 16.5. The van der Waals surface area contributed by atoms with Gasteiger partial charge in [-0.15, -0.1) is 0 Å². The number of nitrogens with zero attached hydrogens (tertiary/aromatic N) is 4. The van der Waals surface area contributed by atoms with Crippen molar-refractivity contribution in [1.82, 2.24) is 24.7 Å². The fourth-order valence-corrected chi connectivity index (χ4v) is 1.99. The monoisotopic (exact) mass is 271 g/mol. The lowest BCUT2D eigenvalue weighted by molar-refractivity contribution is 0.415. The van der Waals surface area contributed by atoms with Gasteiger partial charge >= 0.3 is 0 Å². The van der Waals surface area contributed by atoms with Crippen LogP contribution in [0, 0.1) is 6.92 Å². The molecule has 102 valence electrons. The summed E-state index contributed by atoms with van der Waals surface area (Å²) in [6.45, 7) is 2.09. The second kappa shape index (κ2) is 4.76. The van der Waals surface area contributed by atoms with Gasteiger partial charge in [-0.3, -0.25) is 14.5 Å². The maximum atomic E-state index is 12.4. The zero-order valence-corrected chi connectivity index (χ0v) is 11.1. The predicted octanol–water partition coefficient (Wildman–Crippen LogP) is 0.880. The van der Waals surface area contributed by atoms with Crippen LogP contribution in [0.2, 0.25) is 0 Å². The van der Waals surface area contributed by atoms with Crippen LogP contribution < -0.4 is 10.3 Å². The number of hydrogen-bond acceptors (Lipinski definition) is 5. The average Bonchev–Trinajstić information content (AvgIpc) is 2.87. The van der Waals surface area contributed by atoms with Crippen molar-refractivity contribution in [3.8, 4) is 5.75 Å². The summed E-state index contributed by atoms with van der Waals surface area (Å²) in [6, 6.07) is 5.22. The Morgan fingerprint density at radius 3 is 2.95 bits per heavy atom. The number of aromatic nitrogens is 5. The van der Waals surface area contributed by atoms with Crippen molar-refractivity contribution < 1.29 is 4.74 Å². The van der Waals surface area contributed by atoms with Gasteiger partial charge in [0.1, 0.15) is 11.6 Å². The number of fused-ring (bicyclic) bond motifs is 1. The van der Waals surface area contributed by atoms with E-state index in [0.717, 1.165) is 0 Å². The molecule has 1 aromatic carbocycles. The summed E-state index contributed by atoms with van der Waals surface area (Å²) in [6.07, 6.45) is 1.50. The van der Waals surface area contributed by atoms with Crippen molar-refractivity contribution in [2.24, 2.45) is 0 Å². The molecule has 0 aliphatic heterocycles. The van der Waals surface area contributed by atoms with Crippen molar-refractivity contribution in [3.63, 3.8) is 0 Å². The number of hydrogen-bond donors (Lipinski definition) is 1. The van der Waals surface area contributed by atoms with E-state index in [1.165, 1.54) is 10.9 Å². The molecule has 2 aromatic heterocycles. The predicted molar refractivity (Wildman–Crippen MR) is 72.8 cm³/mol. The lowest BCUT2D eigenvalue weighted by Crippen LogP contribution is -2.21. The van der Waals surface area contributed by atoms with Gasteiger partial charge < -0.3 is 4.74 Å². The number of H-pyrrole nitrogens is 1. The summed E-state index contributed by atoms with van der Waals surface area (Å²) >= 11 is 0. The van der Waals surface area contributed by atoms with Gasteiger partial charge in [0.05, 0.1) is 30.9 Å². The minimum atomic E-state index is -0.142. The zero-order valence-electron chi connectivity index (χ0n) is 11.1. The fourth-order valence-electron chi connectivity index (χ4n) is 1.99. The standard InChI is InChI=1S/C13H13N5O2/c1-8-15-12(17-16-8)6-18-7-14-11-4-3-9(20-2)5-10(11)13(18)19/h3-5,7H,6H2,1-2H3,(H,15,16,17). The molecule has 7 nitrogen and oxygen atoms in total. The van der Waals surface area contributed by atoms with Crippen LogP contribution in [0.25, 0.3) is 10.9 Å². The van der Waals surface area contributed by atoms with E-state index in [9.17, 15) is 4.79 Å². The van der Waals surface area contributed by atoms with Gasteiger partial charge in [0, 0.05) is 0 Å². The smallest absolute Gasteiger partial charge is 0.261 e. The van der Waals surface area contributed by atoms with Crippen LogP contribution in [0.1, 0.15) is 11.6 Å². The highest BCUT2D eigenvalue weighted by molar-refractivity contribution is 5.78. The van der Waals surface area contributed by atoms with Crippen molar-refractivity contribution in [1.29, 1.82) is 0 Å². The molecule has 0 bridgehead atoms. The lowest BCUT2D eigenvalue weighted by Gasteiger charge is -2.05. The van der Waals surface area contributed by atoms with E-state index in [1.54, 1.807) is 25.3 Å². The van der Waals surface area contributed by atoms with E-state index in [4.69, 9.17) is 4.74 Å². The third-order valence-electron chi connectivity index (χ3n) is 2.99. The van der Waals surface area contributed by atoms with Gasteiger partial charge in [-0.2, -0.15) is 5.10 Å². The molecule has 0 amide bonds. The molecule has 3 rings (SSSR count). The van der Waals surface area contributed by atoms with E-state index in [2.05, 4.69) is 20.2 Å². The molecule has 0 aliphatic rings. The van der Waals surface area contributed by atoms with E-state index >= 15 is 0 Å². The molecule has 3 aromatic rings. The molecule has 0 spiro atoms. The largest absolute Gasteiger partial charge is 0.497 e. The summed E-state index contributed by atoms with van der Waals surface area (Å²) in [4.78, 5) is 20.9. The van der Waals surface area contributed by atoms with Crippen molar-refractivity contribution in [2.45, 2.75) is 13.5 Å². The first-order chi connectivity index (χ1) is 9.67. The normalized spacial score (nSPS) is 10.9. The third-order valence-corrected chi connectivity index (χ3v) is 2.99. The topological polar surface area (TPSA) is 85.7 Å². The summed E-state index contributed by atoms with van der Waals surface area (Å²) in [5.74, 6) is 1.89. The summed E-state index contributed by atoms with van der Waals surface area (Å²) < 4.78 is 6.61. The van der Waals surface area contributed by atoms with Gasteiger partial charge in [0.15, 0.2) is 5.82 Å². The van der Waals surface area contributed by atoms with Gasteiger partial charge in [-0.1, -0.05) is 0 Å². The van der Waals surface area contributed by atoms with Crippen LogP contribution in [0.4, 0.5) is 0 Å². The molecule has 0 unspecified atom stereocenters. The number of aryl methyl sites for hydroxylation is 1. The van der Waals surface area contributed by atoms with Crippen LogP contribution in [0.5, 0.6) is 5.75 Å². The molecule has 1 N–H and O–H groups in total. The summed E-state index contributed by atoms with van der Waals surface area (Å²) in [5.41, 5.74) is 0.495. The van der Waals surface area contributed by atoms with Crippen molar-refractivity contribution in [2.75, 3.05) is 7.11 Å². The van der Waals surface area contributed by atoms with Gasteiger partial charge in [0.25, 0.3) is 5.56 Å². The van der Waals surface area contributed by atoms with Crippen molar-refractivity contribution >= 4 is 10.9 Å². The maximum absolute atomic E-state index is 12.4. The Bertz CT molecular complexity index is 821. The number of aromatic amines is 1. The molecular weight excluding hydrogens is 258 g/mol.